The molecule has 1 aromatic heterocycles. The Labute approximate surface area is 169 Å². The molecule has 6 N–H and O–H groups in total. The van der Waals surface area contributed by atoms with Crippen LogP contribution >= 0.6 is 0 Å². The van der Waals surface area contributed by atoms with Crippen LogP contribution in [0.3, 0.4) is 0 Å². The largest absolute Gasteiger partial charge is 0.383 e. The zero-order valence-corrected chi connectivity index (χ0v) is 16.3. The summed E-state index contributed by atoms with van der Waals surface area (Å²) in [5, 5.41) is 3.05. The quantitative estimate of drug-likeness (QED) is 0.331. The Morgan fingerprint density at radius 3 is 2.66 bits per heavy atom. The van der Waals surface area contributed by atoms with Gasteiger partial charge in [-0.15, -0.1) is 0 Å². The minimum absolute atomic E-state index is 0.284. The first-order valence-electron chi connectivity index (χ1n) is 9.48. The molecule has 0 spiro atoms. The number of nitrogens with zero attached hydrogens (tertiary/aromatic N) is 2. The fourth-order valence-corrected chi connectivity index (χ4v) is 3.01. The van der Waals surface area contributed by atoms with Crippen LogP contribution in [0.2, 0.25) is 0 Å². The lowest BCUT2D eigenvalue weighted by Crippen LogP contribution is -2.19. The van der Waals surface area contributed by atoms with Crippen LogP contribution in [0.15, 0.2) is 76.8 Å². The summed E-state index contributed by atoms with van der Waals surface area (Å²) in [6.45, 7) is 5.47. The maximum absolute atomic E-state index is 12.5. The summed E-state index contributed by atoms with van der Waals surface area (Å²) in [7, 11) is 0. The molecule has 2 aromatic carbocycles. The molecule has 150 valence electrons. The number of H-pyrrole nitrogens is 1. The number of hydrogen-bond donors (Lipinski definition) is 4. The Bertz CT molecular complexity index is 1050. The summed E-state index contributed by atoms with van der Waals surface area (Å²) in [6, 6.07) is 18.0. The Hall–Kier alpha value is -3.58. The molecule has 0 aliphatic heterocycles. The Morgan fingerprint density at radius 1 is 1.17 bits per heavy atom. The molecule has 29 heavy (non-hydrogen) atoms. The summed E-state index contributed by atoms with van der Waals surface area (Å²) >= 11 is 0. The second-order valence-electron chi connectivity index (χ2n) is 6.61. The van der Waals surface area contributed by atoms with Gasteiger partial charge in [-0.05, 0) is 29.7 Å². The summed E-state index contributed by atoms with van der Waals surface area (Å²) in [5.41, 5.74) is 15.0. The predicted molar refractivity (Wildman–Crippen MR) is 119 cm³/mol. The van der Waals surface area contributed by atoms with E-state index in [1.165, 1.54) is 10.8 Å². The van der Waals surface area contributed by atoms with Crippen LogP contribution < -0.4 is 22.5 Å². The molecule has 1 heterocycles. The Balaban J connectivity index is 1.82. The summed E-state index contributed by atoms with van der Waals surface area (Å²) in [5.74, 6) is 0.817. The van der Waals surface area contributed by atoms with Gasteiger partial charge in [-0.2, -0.15) is 0 Å². The molecule has 0 unspecified atom stereocenters. The molecule has 7 nitrogen and oxygen atoms in total. The summed E-state index contributed by atoms with van der Waals surface area (Å²) < 4.78 is 1.51. The van der Waals surface area contributed by atoms with E-state index in [1.54, 1.807) is 0 Å². The number of rotatable bonds is 9. The van der Waals surface area contributed by atoms with Crippen molar-refractivity contribution in [1.82, 2.24) is 14.9 Å². The monoisotopic (exact) mass is 390 g/mol. The number of benzene rings is 2. The molecule has 3 aromatic rings. The van der Waals surface area contributed by atoms with Crippen LogP contribution in [-0.2, 0) is 6.54 Å². The normalized spacial score (nSPS) is 11.1. The molecule has 0 atom stereocenters. The van der Waals surface area contributed by atoms with E-state index in [0.29, 0.717) is 37.0 Å². The number of imidazole rings is 1. The molecule has 0 saturated heterocycles. The van der Waals surface area contributed by atoms with Gasteiger partial charge in [-0.25, -0.2) is 9.79 Å². The molecular weight excluding hydrogens is 364 g/mol. The first kappa shape index (κ1) is 20.2. The van der Waals surface area contributed by atoms with Crippen molar-refractivity contribution in [2.45, 2.75) is 13.0 Å². The van der Waals surface area contributed by atoms with Crippen molar-refractivity contribution in [3.05, 3.63) is 88.7 Å². The smallest absolute Gasteiger partial charge is 0.327 e. The van der Waals surface area contributed by atoms with Crippen LogP contribution in [0.25, 0.3) is 11.1 Å². The molecule has 0 fully saturated rings. The van der Waals surface area contributed by atoms with Crippen molar-refractivity contribution < 1.29 is 0 Å². The molecule has 0 radical (unpaired) electrons. The van der Waals surface area contributed by atoms with E-state index in [2.05, 4.69) is 21.9 Å². The van der Waals surface area contributed by atoms with Crippen LogP contribution in [0.4, 0.5) is 5.82 Å². The Morgan fingerprint density at radius 2 is 1.90 bits per heavy atom. The minimum atomic E-state index is -0.284. The van der Waals surface area contributed by atoms with Crippen LogP contribution in [0.1, 0.15) is 17.7 Å². The number of nitrogen functional groups attached to an aromatic ring is 1. The van der Waals surface area contributed by atoms with Gasteiger partial charge in [0.25, 0.3) is 0 Å². The van der Waals surface area contributed by atoms with E-state index in [9.17, 15) is 4.79 Å². The van der Waals surface area contributed by atoms with E-state index in [1.807, 2.05) is 54.6 Å². The van der Waals surface area contributed by atoms with E-state index in [0.717, 1.165) is 23.1 Å². The first-order valence-corrected chi connectivity index (χ1v) is 9.48. The lowest BCUT2D eigenvalue weighted by molar-refractivity contribution is 0.729. The van der Waals surface area contributed by atoms with Gasteiger partial charge in [0.05, 0.1) is 12.8 Å². The minimum Gasteiger partial charge on any atom is -0.383 e. The third kappa shape index (κ3) is 5.03. The average molecular weight is 390 g/mol. The molecular formula is C22H26N6O. The fraction of sp³-hybridized carbons (Fsp3) is 0.182. The number of aromatic nitrogens is 2. The fourth-order valence-electron chi connectivity index (χ4n) is 3.01. The average Bonchev–Trinajstić information content (AvgIpc) is 3.01. The van der Waals surface area contributed by atoms with E-state index in [4.69, 9.17) is 11.5 Å². The third-order valence-corrected chi connectivity index (χ3v) is 4.54. The van der Waals surface area contributed by atoms with Crippen molar-refractivity contribution in [2.24, 2.45) is 10.7 Å². The van der Waals surface area contributed by atoms with Gasteiger partial charge in [0.1, 0.15) is 17.3 Å². The van der Waals surface area contributed by atoms with Gasteiger partial charge in [-0.1, -0.05) is 61.2 Å². The number of aromatic amines is 1. The standard InChI is InChI=1S/C22H26N6O/c1-16(25-13-7-12-23)26-14-20-21(24)28(22(29)27-20)15-18-10-5-6-11-19(18)17-8-3-2-4-9-17/h2-6,8-11,14,25H,1,7,12-13,15,23-24H2,(H,27,29)/b26-14-. The highest BCUT2D eigenvalue weighted by molar-refractivity contribution is 5.83. The van der Waals surface area contributed by atoms with Crippen LogP contribution in [0.5, 0.6) is 0 Å². The third-order valence-electron chi connectivity index (χ3n) is 4.54. The number of aliphatic imine (C=N–C) groups is 1. The van der Waals surface area contributed by atoms with Crippen LogP contribution in [0, 0.1) is 0 Å². The van der Waals surface area contributed by atoms with Gasteiger partial charge >= 0.3 is 5.69 Å². The topological polar surface area (TPSA) is 114 Å². The SMILES string of the molecule is C=C(/N=C\c1[nH]c(=O)n(Cc2ccccc2-c2ccccc2)c1N)NCCCN. The predicted octanol–water partition coefficient (Wildman–Crippen LogP) is 2.30. The molecule has 0 saturated carbocycles. The van der Waals surface area contributed by atoms with E-state index < -0.39 is 0 Å². The van der Waals surface area contributed by atoms with Crippen molar-refractivity contribution in [3.8, 4) is 11.1 Å². The molecule has 7 heteroatoms. The zero-order chi connectivity index (χ0) is 20.6. The van der Waals surface area contributed by atoms with E-state index >= 15 is 0 Å². The molecule has 0 aliphatic rings. The molecule has 0 bridgehead atoms. The molecule has 0 amide bonds. The number of nitrogens with two attached hydrogens (primary N) is 2. The highest BCUT2D eigenvalue weighted by atomic mass is 16.1. The lowest BCUT2D eigenvalue weighted by Gasteiger charge is -2.11. The van der Waals surface area contributed by atoms with Crippen molar-refractivity contribution in [3.63, 3.8) is 0 Å². The number of nitrogens with one attached hydrogen (secondary N) is 2. The second kappa shape index (κ2) is 9.57. The summed E-state index contributed by atoms with van der Waals surface area (Å²) in [6.07, 6.45) is 2.33. The first-order chi connectivity index (χ1) is 14.1. The van der Waals surface area contributed by atoms with Gasteiger partial charge in [-0.3, -0.25) is 4.57 Å². The van der Waals surface area contributed by atoms with Crippen molar-refractivity contribution in [1.29, 1.82) is 0 Å². The number of anilines is 1. The van der Waals surface area contributed by atoms with Crippen molar-refractivity contribution >= 4 is 12.0 Å². The highest BCUT2D eigenvalue weighted by Gasteiger charge is 2.12. The lowest BCUT2D eigenvalue weighted by atomic mass is 10.00. The van der Waals surface area contributed by atoms with Gasteiger partial charge < -0.3 is 21.8 Å². The second-order valence-corrected chi connectivity index (χ2v) is 6.61. The van der Waals surface area contributed by atoms with Gasteiger partial charge in [0, 0.05) is 6.54 Å². The number of hydrogen-bond acceptors (Lipinski definition) is 5. The van der Waals surface area contributed by atoms with Gasteiger partial charge in [0.2, 0.25) is 0 Å². The maximum Gasteiger partial charge on any atom is 0.327 e. The molecule has 0 aliphatic carbocycles. The Kier molecular flexibility index (Phi) is 6.65. The van der Waals surface area contributed by atoms with Crippen LogP contribution in [-0.4, -0.2) is 28.9 Å². The molecule has 3 rings (SSSR count). The summed E-state index contributed by atoms with van der Waals surface area (Å²) in [4.78, 5) is 19.5. The van der Waals surface area contributed by atoms with Gasteiger partial charge in [0.15, 0.2) is 0 Å². The highest BCUT2D eigenvalue weighted by Crippen LogP contribution is 2.24. The maximum atomic E-state index is 12.5. The van der Waals surface area contributed by atoms with Crippen molar-refractivity contribution in [2.75, 3.05) is 18.8 Å². The van der Waals surface area contributed by atoms with E-state index in [-0.39, 0.29) is 5.69 Å². The zero-order valence-electron chi connectivity index (χ0n) is 16.3.